The van der Waals surface area contributed by atoms with E-state index in [1.807, 2.05) is 38.1 Å². The lowest BCUT2D eigenvalue weighted by atomic mass is 9.99. The van der Waals surface area contributed by atoms with Crippen molar-refractivity contribution >= 4 is 11.6 Å². The van der Waals surface area contributed by atoms with Gasteiger partial charge in [-0.15, -0.1) is 0 Å². The quantitative estimate of drug-likeness (QED) is 0.712. The topological polar surface area (TPSA) is 34.1 Å². The van der Waals surface area contributed by atoms with Crippen LogP contribution in [0.5, 0.6) is 0 Å². The van der Waals surface area contributed by atoms with Crippen molar-refractivity contribution < 1.29 is 9.59 Å². The van der Waals surface area contributed by atoms with Gasteiger partial charge in [0.05, 0.1) is 0 Å². The van der Waals surface area contributed by atoms with Gasteiger partial charge in [0.25, 0.3) is 0 Å². The standard InChI is InChI=1S/C14H18O2/c1-10(2)8-14(16)13-6-4-12(5-7-13)9-11(3)15/h4-7,10H,8-9H2,1-3H3. The lowest BCUT2D eigenvalue weighted by molar-refractivity contribution is -0.116. The van der Waals surface area contributed by atoms with E-state index in [9.17, 15) is 9.59 Å². The summed E-state index contributed by atoms with van der Waals surface area (Å²) in [5, 5.41) is 0. The molecule has 0 spiro atoms. The molecule has 0 bridgehead atoms. The highest BCUT2D eigenvalue weighted by atomic mass is 16.1. The van der Waals surface area contributed by atoms with Gasteiger partial charge in [-0.1, -0.05) is 38.1 Å². The van der Waals surface area contributed by atoms with Crippen molar-refractivity contribution in [3.63, 3.8) is 0 Å². The largest absolute Gasteiger partial charge is 0.300 e. The van der Waals surface area contributed by atoms with Crippen LogP contribution in [0.25, 0.3) is 0 Å². The van der Waals surface area contributed by atoms with E-state index in [1.54, 1.807) is 6.92 Å². The number of hydrogen-bond acceptors (Lipinski definition) is 2. The van der Waals surface area contributed by atoms with E-state index in [2.05, 4.69) is 0 Å². The lowest BCUT2D eigenvalue weighted by Crippen LogP contribution is -2.04. The molecule has 0 aliphatic rings. The molecule has 0 atom stereocenters. The Morgan fingerprint density at radius 1 is 1.12 bits per heavy atom. The van der Waals surface area contributed by atoms with Crippen LogP contribution in [0.1, 0.15) is 43.1 Å². The number of hydrogen-bond donors (Lipinski definition) is 0. The fraction of sp³-hybridized carbons (Fsp3) is 0.429. The van der Waals surface area contributed by atoms with Gasteiger partial charge in [-0.2, -0.15) is 0 Å². The Morgan fingerprint density at radius 2 is 1.69 bits per heavy atom. The van der Waals surface area contributed by atoms with Gasteiger partial charge in [0.2, 0.25) is 0 Å². The first kappa shape index (κ1) is 12.6. The van der Waals surface area contributed by atoms with Gasteiger partial charge < -0.3 is 0 Å². The number of Topliss-reactive ketones (excluding diaryl/α,β-unsaturated/α-hetero) is 2. The Labute approximate surface area is 96.7 Å². The van der Waals surface area contributed by atoms with Crippen LogP contribution in [-0.2, 0) is 11.2 Å². The summed E-state index contributed by atoms with van der Waals surface area (Å²) in [6, 6.07) is 7.33. The zero-order valence-electron chi connectivity index (χ0n) is 10.1. The molecule has 2 heteroatoms. The molecule has 1 aromatic carbocycles. The van der Waals surface area contributed by atoms with Crippen LogP contribution in [0.4, 0.5) is 0 Å². The zero-order chi connectivity index (χ0) is 12.1. The SMILES string of the molecule is CC(=O)Cc1ccc(C(=O)CC(C)C)cc1. The first-order chi connectivity index (χ1) is 7.49. The van der Waals surface area contributed by atoms with Gasteiger partial charge in [-0.05, 0) is 18.4 Å². The maximum atomic E-state index is 11.7. The molecule has 0 aliphatic heterocycles. The third-order valence-electron chi connectivity index (χ3n) is 2.32. The summed E-state index contributed by atoms with van der Waals surface area (Å²) in [5.74, 6) is 0.690. The average molecular weight is 218 g/mol. The third-order valence-corrected chi connectivity index (χ3v) is 2.32. The first-order valence-electron chi connectivity index (χ1n) is 5.60. The van der Waals surface area contributed by atoms with Crippen LogP contribution >= 0.6 is 0 Å². The monoisotopic (exact) mass is 218 g/mol. The van der Waals surface area contributed by atoms with Crippen LogP contribution < -0.4 is 0 Å². The van der Waals surface area contributed by atoms with Crippen molar-refractivity contribution in [2.75, 3.05) is 0 Å². The average Bonchev–Trinajstić information content (AvgIpc) is 2.16. The maximum Gasteiger partial charge on any atom is 0.163 e. The molecule has 0 heterocycles. The number of benzene rings is 1. The second kappa shape index (κ2) is 5.59. The Bertz CT molecular complexity index is 374. The van der Waals surface area contributed by atoms with Crippen molar-refractivity contribution in [3.05, 3.63) is 35.4 Å². The summed E-state index contributed by atoms with van der Waals surface area (Å²) in [7, 11) is 0. The van der Waals surface area contributed by atoms with Gasteiger partial charge in [0, 0.05) is 18.4 Å². The van der Waals surface area contributed by atoms with Crippen molar-refractivity contribution in [1.82, 2.24) is 0 Å². The molecule has 0 unspecified atom stereocenters. The van der Waals surface area contributed by atoms with E-state index in [1.165, 1.54) is 0 Å². The number of carbonyl (C=O) groups excluding carboxylic acids is 2. The zero-order valence-corrected chi connectivity index (χ0v) is 10.1. The number of ketones is 2. The van der Waals surface area contributed by atoms with E-state index in [0.29, 0.717) is 18.8 Å². The second-order valence-corrected chi connectivity index (χ2v) is 4.60. The summed E-state index contributed by atoms with van der Waals surface area (Å²) in [4.78, 5) is 22.6. The minimum atomic E-state index is 0.140. The molecule has 1 aromatic rings. The summed E-state index contributed by atoms with van der Waals surface area (Å²) in [6.45, 7) is 5.63. The Morgan fingerprint density at radius 3 is 2.12 bits per heavy atom. The summed E-state index contributed by atoms with van der Waals surface area (Å²) in [6.07, 6.45) is 1.02. The highest BCUT2D eigenvalue weighted by Gasteiger charge is 2.08. The van der Waals surface area contributed by atoms with E-state index >= 15 is 0 Å². The third kappa shape index (κ3) is 3.97. The van der Waals surface area contributed by atoms with E-state index in [-0.39, 0.29) is 11.6 Å². The molecule has 0 N–H and O–H groups in total. The Hall–Kier alpha value is -1.44. The molecular weight excluding hydrogens is 200 g/mol. The van der Waals surface area contributed by atoms with Crippen LogP contribution in [0.15, 0.2) is 24.3 Å². The predicted molar refractivity (Wildman–Crippen MR) is 64.6 cm³/mol. The van der Waals surface area contributed by atoms with Gasteiger partial charge >= 0.3 is 0 Å². The molecule has 0 saturated heterocycles. The molecule has 0 aromatic heterocycles. The lowest BCUT2D eigenvalue weighted by Gasteiger charge is -2.04. The molecule has 16 heavy (non-hydrogen) atoms. The van der Waals surface area contributed by atoms with Crippen LogP contribution in [0, 0.1) is 5.92 Å². The molecule has 86 valence electrons. The predicted octanol–water partition coefficient (Wildman–Crippen LogP) is 3.05. The highest BCUT2D eigenvalue weighted by Crippen LogP contribution is 2.11. The first-order valence-corrected chi connectivity index (χ1v) is 5.60. The number of carbonyl (C=O) groups is 2. The summed E-state index contributed by atoms with van der Waals surface area (Å²) in [5.41, 5.74) is 1.70. The van der Waals surface area contributed by atoms with E-state index in [4.69, 9.17) is 0 Å². The van der Waals surface area contributed by atoms with Crippen LogP contribution in [0.2, 0.25) is 0 Å². The summed E-state index contributed by atoms with van der Waals surface area (Å²) < 4.78 is 0. The van der Waals surface area contributed by atoms with Crippen molar-refractivity contribution in [1.29, 1.82) is 0 Å². The highest BCUT2D eigenvalue weighted by molar-refractivity contribution is 5.96. The minimum Gasteiger partial charge on any atom is -0.300 e. The Kier molecular flexibility index (Phi) is 4.41. The van der Waals surface area contributed by atoms with Gasteiger partial charge in [-0.3, -0.25) is 9.59 Å². The molecule has 2 nitrogen and oxygen atoms in total. The van der Waals surface area contributed by atoms with Gasteiger partial charge in [0.1, 0.15) is 5.78 Å². The fourth-order valence-electron chi connectivity index (χ4n) is 1.58. The molecule has 0 amide bonds. The van der Waals surface area contributed by atoms with Crippen molar-refractivity contribution in [2.24, 2.45) is 5.92 Å². The van der Waals surface area contributed by atoms with Gasteiger partial charge in [-0.25, -0.2) is 0 Å². The smallest absolute Gasteiger partial charge is 0.163 e. The minimum absolute atomic E-state index is 0.140. The van der Waals surface area contributed by atoms with E-state index in [0.717, 1.165) is 11.1 Å². The Balaban J connectivity index is 2.71. The molecule has 1 rings (SSSR count). The van der Waals surface area contributed by atoms with Crippen molar-refractivity contribution in [3.8, 4) is 0 Å². The van der Waals surface area contributed by atoms with Crippen molar-refractivity contribution in [2.45, 2.75) is 33.6 Å². The molecule has 0 radical (unpaired) electrons. The molecule has 0 saturated carbocycles. The maximum absolute atomic E-state index is 11.7. The normalized spacial score (nSPS) is 10.5. The van der Waals surface area contributed by atoms with Gasteiger partial charge in [0.15, 0.2) is 5.78 Å². The van der Waals surface area contributed by atoms with E-state index < -0.39 is 0 Å². The van der Waals surface area contributed by atoms with Crippen LogP contribution in [-0.4, -0.2) is 11.6 Å². The van der Waals surface area contributed by atoms with Crippen LogP contribution in [0.3, 0.4) is 0 Å². The molecule has 0 aliphatic carbocycles. The second-order valence-electron chi connectivity index (χ2n) is 4.60. The number of rotatable bonds is 5. The fourth-order valence-corrected chi connectivity index (χ4v) is 1.58. The summed E-state index contributed by atoms with van der Waals surface area (Å²) >= 11 is 0. The molecule has 0 fully saturated rings. The molecular formula is C14H18O2.